The zero-order valence-electron chi connectivity index (χ0n) is 16.1. The number of sulfonamides is 1. The molecule has 0 atom stereocenters. The van der Waals surface area contributed by atoms with Crippen LogP contribution >= 0.6 is 27.3 Å². The van der Waals surface area contributed by atoms with E-state index in [9.17, 15) is 8.42 Å². The first-order valence-corrected chi connectivity index (χ1v) is 12.6. The van der Waals surface area contributed by atoms with E-state index in [1.807, 2.05) is 6.07 Å². The van der Waals surface area contributed by atoms with Crippen molar-refractivity contribution in [1.29, 1.82) is 0 Å². The lowest BCUT2D eigenvalue weighted by Crippen LogP contribution is -2.48. The molecule has 0 bridgehead atoms. The molecule has 0 N–H and O–H groups in total. The van der Waals surface area contributed by atoms with Gasteiger partial charge < -0.3 is 4.90 Å². The van der Waals surface area contributed by atoms with Crippen molar-refractivity contribution in [3.05, 3.63) is 63.9 Å². The van der Waals surface area contributed by atoms with Gasteiger partial charge in [0, 0.05) is 41.6 Å². The highest BCUT2D eigenvalue weighted by atomic mass is 79.9. The second-order valence-electron chi connectivity index (χ2n) is 6.89. The van der Waals surface area contributed by atoms with E-state index in [2.05, 4.69) is 57.4 Å². The number of rotatable bonds is 5. The van der Waals surface area contributed by atoms with E-state index < -0.39 is 10.0 Å². The van der Waals surface area contributed by atoms with E-state index >= 15 is 0 Å². The highest BCUT2D eigenvalue weighted by Crippen LogP contribution is 2.30. The average molecular weight is 492 g/mol. The lowest BCUT2D eigenvalue weighted by atomic mass is 10.1. The smallest absolute Gasteiger partial charge is 0.244 e. The molecule has 0 aliphatic carbocycles. The Hall–Kier alpha value is -1.74. The van der Waals surface area contributed by atoms with Crippen LogP contribution in [0.15, 0.2) is 63.3 Å². The van der Waals surface area contributed by atoms with E-state index in [4.69, 9.17) is 4.98 Å². The molecule has 3 aromatic rings. The summed E-state index contributed by atoms with van der Waals surface area (Å²) in [6, 6.07) is 15.5. The summed E-state index contributed by atoms with van der Waals surface area (Å²) in [7, 11) is -3.50. The first-order valence-electron chi connectivity index (χ1n) is 9.53. The minimum atomic E-state index is -3.50. The van der Waals surface area contributed by atoms with Crippen molar-refractivity contribution in [2.45, 2.75) is 18.2 Å². The van der Waals surface area contributed by atoms with Crippen LogP contribution in [0, 0.1) is 0 Å². The Morgan fingerprint density at radius 3 is 2.38 bits per heavy atom. The molecule has 8 heteroatoms. The maximum absolute atomic E-state index is 13.0. The Labute approximate surface area is 184 Å². The van der Waals surface area contributed by atoms with Gasteiger partial charge in [0.05, 0.1) is 10.6 Å². The van der Waals surface area contributed by atoms with Crippen LogP contribution in [0.1, 0.15) is 12.5 Å². The molecular weight excluding hydrogens is 470 g/mol. The van der Waals surface area contributed by atoms with Crippen molar-refractivity contribution in [2.24, 2.45) is 0 Å². The van der Waals surface area contributed by atoms with Crippen molar-refractivity contribution >= 4 is 42.4 Å². The Kier molecular flexibility index (Phi) is 6.06. The molecule has 0 radical (unpaired) electrons. The molecule has 2 heterocycles. The average Bonchev–Trinajstić information content (AvgIpc) is 3.24. The van der Waals surface area contributed by atoms with E-state index in [1.165, 1.54) is 5.56 Å². The van der Waals surface area contributed by atoms with E-state index in [1.54, 1.807) is 33.8 Å². The highest BCUT2D eigenvalue weighted by molar-refractivity contribution is 9.10. The number of hydrogen-bond donors (Lipinski definition) is 0. The van der Waals surface area contributed by atoms with Crippen molar-refractivity contribution < 1.29 is 8.42 Å². The summed E-state index contributed by atoms with van der Waals surface area (Å²) in [5.41, 5.74) is 3.39. The highest BCUT2D eigenvalue weighted by Gasteiger charge is 2.30. The molecule has 2 aromatic carbocycles. The molecule has 29 heavy (non-hydrogen) atoms. The summed E-state index contributed by atoms with van der Waals surface area (Å²) in [4.78, 5) is 7.28. The van der Waals surface area contributed by atoms with Crippen LogP contribution in [0.2, 0.25) is 0 Å². The predicted octanol–water partition coefficient (Wildman–Crippen LogP) is 4.65. The van der Waals surface area contributed by atoms with Crippen LogP contribution in [0.3, 0.4) is 0 Å². The number of aromatic nitrogens is 1. The Morgan fingerprint density at radius 2 is 1.72 bits per heavy atom. The summed E-state index contributed by atoms with van der Waals surface area (Å²) in [5, 5.41) is 3.01. The quantitative estimate of drug-likeness (QED) is 0.521. The summed E-state index contributed by atoms with van der Waals surface area (Å²) in [6.45, 7) is 4.30. The third-order valence-electron chi connectivity index (χ3n) is 5.11. The van der Waals surface area contributed by atoms with Crippen LogP contribution in [0.25, 0.3) is 11.3 Å². The molecule has 0 unspecified atom stereocenters. The molecule has 1 saturated heterocycles. The molecule has 152 valence electrons. The third kappa shape index (κ3) is 4.26. The van der Waals surface area contributed by atoms with Gasteiger partial charge in [0.15, 0.2) is 5.13 Å². The summed E-state index contributed by atoms with van der Waals surface area (Å²) >= 11 is 4.96. The van der Waals surface area contributed by atoms with Gasteiger partial charge >= 0.3 is 0 Å². The minimum Gasteiger partial charge on any atom is -0.345 e. The Balaban J connectivity index is 1.45. The first-order chi connectivity index (χ1) is 14.0. The zero-order chi connectivity index (χ0) is 20.4. The number of aryl methyl sites for hydroxylation is 1. The normalized spacial score (nSPS) is 15.6. The van der Waals surface area contributed by atoms with Gasteiger partial charge in [0.1, 0.15) is 0 Å². The fourth-order valence-corrected chi connectivity index (χ4v) is 6.64. The van der Waals surface area contributed by atoms with Crippen LogP contribution in [0.5, 0.6) is 0 Å². The number of hydrogen-bond acceptors (Lipinski definition) is 5. The molecule has 4 rings (SSSR count). The van der Waals surface area contributed by atoms with Crippen molar-refractivity contribution in [3.8, 4) is 11.3 Å². The van der Waals surface area contributed by atoms with Gasteiger partial charge in [-0.1, -0.05) is 43.3 Å². The SMILES string of the molecule is CCc1ccc(-c2csc(N3CCN(S(=O)(=O)c4ccccc4Br)CC3)n2)cc1. The second kappa shape index (κ2) is 8.55. The van der Waals surface area contributed by atoms with Gasteiger partial charge in [0.2, 0.25) is 10.0 Å². The molecule has 5 nitrogen and oxygen atoms in total. The fourth-order valence-electron chi connectivity index (χ4n) is 3.37. The molecule has 1 aliphatic heterocycles. The predicted molar refractivity (Wildman–Crippen MR) is 122 cm³/mol. The van der Waals surface area contributed by atoms with Gasteiger partial charge in [-0.25, -0.2) is 13.4 Å². The van der Waals surface area contributed by atoms with E-state index in [0.29, 0.717) is 35.5 Å². The van der Waals surface area contributed by atoms with Crippen molar-refractivity contribution in [2.75, 3.05) is 31.1 Å². The number of halogens is 1. The van der Waals surface area contributed by atoms with E-state index in [-0.39, 0.29) is 0 Å². The van der Waals surface area contributed by atoms with Gasteiger partial charge in [0.25, 0.3) is 0 Å². The molecular formula is C21H22BrN3O2S2. The summed E-state index contributed by atoms with van der Waals surface area (Å²) in [5.74, 6) is 0. The fraction of sp³-hybridized carbons (Fsp3) is 0.286. The third-order valence-corrected chi connectivity index (χ3v) is 8.93. The molecule has 1 aliphatic rings. The molecule has 0 saturated carbocycles. The molecule has 1 fully saturated rings. The standard InChI is InChI=1S/C21H22BrN3O2S2/c1-2-16-7-9-17(10-8-16)19-15-28-21(23-19)24-11-13-25(14-12-24)29(26,27)20-6-4-3-5-18(20)22/h3-10,15H,2,11-14H2,1H3. The summed E-state index contributed by atoms with van der Waals surface area (Å²) < 4.78 is 28.1. The first kappa shape index (κ1) is 20.5. The van der Waals surface area contributed by atoms with Crippen LogP contribution in [-0.4, -0.2) is 43.9 Å². The Morgan fingerprint density at radius 1 is 1.03 bits per heavy atom. The van der Waals surface area contributed by atoms with Crippen molar-refractivity contribution in [1.82, 2.24) is 9.29 Å². The van der Waals surface area contributed by atoms with Gasteiger partial charge in [-0.05, 0) is 40.0 Å². The molecule has 0 amide bonds. The number of thiazole rings is 1. The minimum absolute atomic E-state index is 0.320. The second-order valence-corrected chi connectivity index (χ2v) is 10.5. The largest absolute Gasteiger partial charge is 0.345 e. The lowest BCUT2D eigenvalue weighted by molar-refractivity contribution is 0.384. The molecule has 1 aromatic heterocycles. The molecule has 0 spiro atoms. The van der Waals surface area contributed by atoms with Gasteiger partial charge in [-0.15, -0.1) is 11.3 Å². The monoisotopic (exact) mass is 491 g/mol. The topological polar surface area (TPSA) is 53.5 Å². The van der Waals surface area contributed by atoms with Gasteiger partial charge in [-0.3, -0.25) is 0 Å². The van der Waals surface area contributed by atoms with Crippen LogP contribution in [0.4, 0.5) is 5.13 Å². The van der Waals surface area contributed by atoms with E-state index in [0.717, 1.165) is 22.8 Å². The zero-order valence-corrected chi connectivity index (χ0v) is 19.3. The maximum Gasteiger partial charge on any atom is 0.244 e. The van der Waals surface area contributed by atoms with Crippen molar-refractivity contribution in [3.63, 3.8) is 0 Å². The lowest BCUT2D eigenvalue weighted by Gasteiger charge is -2.33. The number of benzene rings is 2. The van der Waals surface area contributed by atoms with Crippen LogP contribution < -0.4 is 4.90 Å². The number of nitrogens with zero attached hydrogens (tertiary/aromatic N) is 3. The Bertz CT molecular complexity index is 1090. The summed E-state index contributed by atoms with van der Waals surface area (Å²) in [6.07, 6.45) is 1.02. The van der Waals surface area contributed by atoms with Crippen LogP contribution in [-0.2, 0) is 16.4 Å². The maximum atomic E-state index is 13.0. The number of anilines is 1. The number of piperazine rings is 1. The van der Waals surface area contributed by atoms with Gasteiger partial charge in [-0.2, -0.15) is 4.31 Å².